The molecule has 0 aliphatic rings. The van der Waals surface area contributed by atoms with E-state index in [-0.39, 0.29) is 23.6 Å². The van der Waals surface area contributed by atoms with Crippen LogP contribution in [0.1, 0.15) is 46.1 Å². The third kappa shape index (κ3) is 4.57. The summed E-state index contributed by atoms with van der Waals surface area (Å²) in [6.45, 7) is 8.14. The first kappa shape index (κ1) is 17.7. The van der Waals surface area contributed by atoms with E-state index in [1.165, 1.54) is 18.2 Å². The van der Waals surface area contributed by atoms with E-state index in [9.17, 15) is 9.18 Å². The van der Waals surface area contributed by atoms with E-state index in [0.717, 1.165) is 12.8 Å². The van der Waals surface area contributed by atoms with Gasteiger partial charge in [0.2, 0.25) is 5.91 Å². The van der Waals surface area contributed by atoms with Crippen LogP contribution in [0.25, 0.3) is 6.08 Å². The van der Waals surface area contributed by atoms with Crippen molar-refractivity contribution in [1.82, 2.24) is 4.90 Å². The van der Waals surface area contributed by atoms with Gasteiger partial charge in [-0.3, -0.25) is 4.79 Å². The highest BCUT2D eigenvalue weighted by Crippen LogP contribution is 2.21. The zero-order chi connectivity index (χ0) is 16.0. The number of hydrogen-bond acceptors (Lipinski definition) is 1. The molecule has 0 N–H and O–H groups in total. The van der Waals surface area contributed by atoms with Gasteiger partial charge in [0.1, 0.15) is 5.82 Å². The highest BCUT2D eigenvalue weighted by molar-refractivity contribution is 6.32. The van der Waals surface area contributed by atoms with Gasteiger partial charge in [0.15, 0.2) is 0 Å². The Kier molecular flexibility index (Phi) is 6.90. The average molecular weight is 312 g/mol. The molecule has 0 saturated heterocycles. The van der Waals surface area contributed by atoms with E-state index in [1.807, 2.05) is 32.6 Å². The third-order valence-corrected chi connectivity index (χ3v) is 4.11. The Morgan fingerprint density at radius 1 is 1.29 bits per heavy atom. The van der Waals surface area contributed by atoms with Crippen molar-refractivity contribution >= 4 is 23.6 Å². The molecular weight excluding hydrogens is 289 g/mol. The Morgan fingerprint density at radius 2 is 1.86 bits per heavy atom. The minimum absolute atomic E-state index is 0.113. The quantitative estimate of drug-likeness (QED) is 0.683. The molecule has 1 rings (SSSR count). The molecule has 0 heterocycles. The second kappa shape index (κ2) is 8.18. The molecule has 0 bridgehead atoms. The van der Waals surface area contributed by atoms with E-state index in [2.05, 4.69) is 0 Å². The number of rotatable bonds is 6. The van der Waals surface area contributed by atoms with Crippen LogP contribution in [0.5, 0.6) is 0 Å². The van der Waals surface area contributed by atoms with Gasteiger partial charge >= 0.3 is 0 Å². The lowest BCUT2D eigenvalue weighted by molar-refractivity contribution is -0.130. The lowest BCUT2D eigenvalue weighted by Gasteiger charge is -2.33. The number of hydrogen-bond donors (Lipinski definition) is 0. The van der Waals surface area contributed by atoms with Gasteiger partial charge in [0, 0.05) is 23.7 Å². The highest BCUT2D eigenvalue weighted by Gasteiger charge is 2.21. The minimum Gasteiger partial charge on any atom is -0.334 e. The smallest absolute Gasteiger partial charge is 0.247 e. The van der Waals surface area contributed by atoms with E-state index in [1.54, 1.807) is 12.1 Å². The molecule has 0 aromatic heterocycles. The maximum Gasteiger partial charge on any atom is 0.247 e. The van der Waals surface area contributed by atoms with E-state index in [4.69, 9.17) is 11.6 Å². The van der Waals surface area contributed by atoms with Crippen LogP contribution in [0.15, 0.2) is 24.3 Å². The molecule has 0 aliphatic heterocycles. The fourth-order valence-electron chi connectivity index (χ4n) is 2.17. The molecule has 0 radical (unpaired) electrons. The minimum atomic E-state index is -0.426. The summed E-state index contributed by atoms with van der Waals surface area (Å²) in [5, 5.41) is 0.303. The van der Waals surface area contributed by atoms with Crippen LogP contribution in [-0.4, -0.2) is 22.9 Å². The summed E-state index contributed by atoms with van der Waals surface area (Å²) in [5.41, 5.74) is 0.251. The van der Waals surface area contributed by atoms with Gasteiger partial charge in [-0.1, -0.05) is 31.5 Å². The van der Waals surface area contributed by atoms with Crippen molar-refractivity contribution in [2.24, 2.45) is 0 Å². The Morgan fingerprint density at radius 3 is 2.33 bits per heavy atom. The summed E-state index contributed by atoms with van der Waals surface area (Å²) in [5.74, 6) is -0.539. The molecular formula is C17H23ClFNO. The van der Waals surface area contributed by atoms with Crippen molar-refractivity contribution in [2.75, 3.05) is 0 Å². The normalized spacial score (nSPS) is 14.2. The molecule has 116 valence electrons. The van der Waals surface area contributed by atoms with Crippen LogP contribution < -0.4 is 0 Å². The number of benzene rings is 1. The molecule has 0 spiro atoms. The molecule has 1 aromatic rings. The Hall–Kier alpha value is -1.35. The first-order chi connectivity index (χ1) is 9.92. The second-order valence-corrected chi connectivity index (χ2v) is 5.64. The van der Waals surface area contributed by atoms with E-state index < -0.39 is 5.82 Å². The fraction of sp³-hybridized carbons (Fsp3) is 0.471. The molecule has 0 unspecified atom stereocenters. The van der Waals surface area contributed by atoms with E-state index >= 15 is 0 Å². The average Bonchev–Trinajstić information content (AvgIpc) is 2.46. The Balaban J connectivity index is 2.98. The molecule has 0 aliphatic carbocycles. The first-order valence-electron chi connectivity index (χ1n) is 7.36. The van der Waals surface area contributed by atoms with E-state index in [0.29, 0.717) is 5.02 Å². The summed E-state index contributed by atoms with van der Waals surface area (Å²) in [6.07, 6.45) is 4.62. The van der Waals surface area contributed by atoms with Gasteiger partial charge < -0.3 is 4.90 Å². The van der Waals surface area contributed by atoms with Crippen molar-refractivity contribution in [1.29, 1.82) is 0 Å². The SMILES string of the molecule is CC[C@@H](C)N(C(=O)/C=C/c1c(F)cccc1Cl)[C@H](C)CC. The first-order valence-corrected chi connectivity index (χ1v) is 7.74. The maximum atomic E-state index is 13.7. The fourth-order valence-corrected chi connectivity index (χ4v) is 2.40. The molecule has 1 aromatic carbocycles. The molecule has 2 atom stereocenters. The lowest BCUT2D eigenvalue weighted by Crippen LogP contribution is -2.43. The summed E-state index contributed by atoms with van der Waals surface area (Å²) in [7, 11) is 0. The zero-order valence-electron chi connectivity index (χ0n) is 13.1. The second-order valence-electron chi connectivity index (χ2n) is 5.23. The number of carbonyl (C=O) groups excluding carboxylic acids is 1. The van der Waals surface area contributed by atoms with Crippen LogP contribution in [-0.2, 0) is 4.79 Å². The summed E-state index contributed by atoms with van der Waals surface area (Å²) >= 11 is 5.96. The van der Waals surface area contributed by atoms with Crippen molar-refractivity contribution < 1.29 is 9.18 Å². The van der Waals surface area contributed by atoms with Crippen LogP contribution in [0, 0.1) is 5.82 Å². The predicted molar refractivity (Wildman–Crippen MR) is 86.8 cm³/mol. The zero-order valence-corrected chi connectivity index (χ0v) is 13.8. The van der Waals surface area contributed by atoms with Crippen molar-refractivity contribution in [3.63, 3.8) is 0 Å². The molecule has 0 saturated carbocycles. The van der Waals surface area contributed by atoms with Crippen molar-refractivity contribution in [3.8, 4) is 0 Å². The molecule has 0 fully saturated rings. The van der Waals surface area contributed by atoms with Gasteiger partial charge in [-0.05, 0) is 44.9 Å². The van der Waals surface area contributed by atoms with Crippen LogP contribution >= 0.6 is 11.6 Å². The molecule has 1 amide bonds. The molecule has 2 nitrogen and oxygen atoms in total. The van der Waals surface area contributed by atoms with Crippen LogP contribution in [0.3, 0.4) is 0 Å². The van der Waals surface area contributed by atoms with Crippen molar-refractivity contribution in [2.45, 2.75) is 52.6 Å². The predicted octanol–water partition coefficient (Wildman–Crippen LogP) is 4.92. The monoisotopic (exact) mass is 311 g/mol. The maximum absolute atomic E-state index is 13.7. The molecule has 21 heavy (non-hydrogen) atoms. The van der Waals surface area contributed by atoms with Gasteiger partial charge in [-0.2, -0.15) is 0 Å². The van der Waals surface area contributed by atoms with Gasteiger partial charge in [0.25, 0.3) is 0 Å². The topological polar surface area (TPSA) is 20.3 Å². The van der Waals surface area contributed by atoms with Gasteiger partial charge in [-0.15, -0.1) is 0 Å². The van der Waals surface area contributed by atoms with Gasteiger partial charge in [-0.25, -0.2) is 4.39 Å². The molecule has 4 heteroatoms. The number of amides is 1. The standard InChI is InChI=1S/C17H23ClFNO/c1-5-12(3)20(13(4)6-2)17(21)11-10-14-15(18)8-7-9-16(14)19/h7-13H,5-6H2,1-4H3/b11-10+/t12-,13-/m1/s1. The Labute approximate surface area is 131 Å². The summed E-state index contributed by atoms with van der Waals surface area (Å²) < 4.78 is 13.7. The van der Waals surface area contributed by atoms with Crippen LogP contribution in [0.2, 0.25) is 5.02 Å². The number of carbonyl (C=O) groups is 1. The van der Waals surface area contributed by atoms with Crippen LogP contribution in [0.4, 0.5) is 4.39 Å². The number of halogens is 2. The lowest BCUT2D eigenvalue weighted by atomic mass is 10.1. The Bertz CT molecular complexity index is 485. The number of nitrogens with zero attached hydrogens (tertiary/aromatic N) is 1. The van der Waals surface area contributed by atoms with Crippen molar-refractivity contribution in [3.05, 3.63) is 40.7 Å². The summed E-state index contributed by atoms with van der Waals surface area (Å²) in [4.78, 5) is 14.3. The third-order valence-electron chi connectivity index (χ3n) is 3.78. The van der Waals surface area contributed by atoms with Gasteiger partial charge in [0.05, 0.1) is 5.02 Å². The summed E-state index contributed by atoms with van der Waals surface area (Å²) in [6, 6.07) is 4.77. The highest BCUT2D eigenvalue weighted by atomic mass is 35.5. The largest absolute Gasteiger partial charge is 0.334 e.